The molecule has 0 aliphatic heterocycles. The minimum Gasteiger partial charge on any atom is -0.326 e. The van der Waals surface area contributed by atoms with E-state index in [0.717, 1.165) is 12.0 Å². The summed E-state index contributed by atoms with van der Waals surface area (Å²) in [6.07, 6.45) is 0.783. The molecule has 0 aliphatic rings. The third kappa shape index (κ3) is 3.78. The SMILES string of the molecule is CCCN(C(C)C)S(=O)(=O)c1cc(CN)ccc1Br. The zero-order chi connectivity index (χ0) is 14.6. The fraction of sp³-hybridized carbons (Fsp3) is 0.538. The number of hydrogen-bond acceptors (Lipinski definition) is 3. The number of sulfonamides is 1. The summed E-state index contributed by atoms with van der Waals surface area (Å²) in [5, 5.41) is 0. The van der Waals surface area contributed by atoms with Crippen LogP contribution in [0.25, 0.3) is 0 Å². The van der Waals surface area contributed by atoms with Crippen molar-refractivity contribution in [3.05, 3.63) is 28.2 Å². The van der Waals surface area contributed by atoms with Gasteiger partial charge in [-0.25, -0.2) is 8.42 Å². The summed E-state index contributed by atoms with van der Waals surface area (Å²) < 4.78 is 27.5. The highest BCUT2D eigenvalue weighted by molar-refractivity contribution is 9.10. The topological polar surface area (TPSA) is 63.4 Å². The molecule has 0 radical (unpaired) electrons. The average molecular weight is 349 g/mol. The van der Waals surface area contributed by atoms with Crippen molar-refractivity contribution < 1.29 is 8.42 Å². The van der Waals surface area contributed by atoms with Gasteiger partial charge in [0.25, 0.3) is 0 Å². The van der Waals surface area contributed by atoms with Crippen molar-refractivity contribution in [2.45, 2.75) is 44.7 Å². The molecule has 0 heterocycles. The summed E-state index contributed by atoms with van der Waals surface area (Å²) in [7, 11) is -3.49. The third-order valence-corrected chi connectivity index (χ3v) is 5.91. The maximum absolute atomic E-state index is 12.7. The number of benzene rings is 1. The van der Waals surface area contributed by atoms with Gasteiger partial charge in [-0.1, -0.05) is 13.0 Å². The van der Waals surface area contributed by atoms with Gasteiger partial charge >= 0.3 is 0 Å². The van der Waals surface area contributed by atoms with Gasteiger partial charge in [-0.05, 0) is 53.9 Å². The van der Waals surface area contributed by atoms with E-state index in [-0.39, 0.29) is 10.9 Å². The molecule has 0 spiro atoms. The molecule has 1 aromatic carbocycles. The quantitative estimate of drug-likeness (QED) is 0.859. The second kappa shape index (κ2) is 6.83. The number of hydrogen-bond donors (Lipinski definition) is 1. The Morgan fingerprint density at radius 2 is 2.00 bits per heavy atom. The van der Waals surface area contributed by atoms with Crippen LogP contribution in [0.3, 0.4) is 0 Å². The number of halogens is 1. The van der Waals surface area contributed by atoms with Crippen LogP contribution in [-0.4, -0.2) is 25.3 Å². The Morgan fingerprint density at radius 1 is 1.37 bits per heavy atom. The van der Waals surface area contributed by atoms with Crippen molar-refractivity contribution in [2.75, 3.05) is 6.54 Å². The average Bonchev–Trinajstić information content (AvgIpc) is 2.35. The summed E-state index contributed by atoms with van der Waals surface area (Å²) in [4.78, 5) is 0.289. The Hall–Kier alpha value is -0.430. The van der Waals surface area contributed by atoms with Crippen LogP contribution in [0.4, 0.5) is 0 Å². The number of nitrogens with zero attached hydrogens (tertiary/aromatic N) is 1. The first-order chi connectivity index (χ1) is 8.84. The minimum absolute atomic E-state index is 0.0709. The van der Waals surface area contributed by atoms with Crippen LogP contribution in [0.1, 0.15) is 32.8 Å². The van der Waals surface area contributed by atoms with E-state index in [0.29, 0.717) is 17.6 Å². The molecule has 0 bridgehead atoms. The molecule has 0 saturated carbocycles. The Kier molecular flexibility index (Phi) is 5.98. The molecule has 6 heteroatoms. The molecule has 0 aromatic heterocycles. The lowest BCUT2D eigenvalue weighted by atomic mass is 10.2. The molecule has 19 heavy (non-hydrogen) atoms. The summed E-state index contributed by atoms with van der Waals surface area (Å²) in [5.41, 5.74) is 6.39. The lowest BCUT2D eigenvalue weighted by Crippen LogP contribution is -2.37. The highest BCUT2D eigenvalue weighted by Gasteiger charge is 2.28. The standard InChI is InChI=1S/C13H21BrN2O2S/c1-4-7-16(10(2)3)19(17,18)13-8-11(9-15)5-6-12(13)14/h5-6,8,10H,4,7,9,15H2,1-3H3. The maximum Gasteiger partial charge on any atom is 0.244 e. The first-order valence-electron chi connectivity index (χ1n) is 6.35. The molecule has 0 atom stereocenters. The molecule has 108 valence electrons. The Labute approximate surface area is 124 Å². The van der Waals surface area contributed by atoms with E-state index in [1.54, 1.807) is 12.1 Å². The largest absolute Gasteiger partial charge is 0.326 e. The molecular formula is C13H21BrN2O2S. The minimum atomic E-state index is -3.49. The summed E-state index contributed by atoms with van der Waals surface area (Å²) in [6, 6.07) is 5.13. The molecule has 1 rings (SSSR count). The van der Waals surface area contributed by atoms with Gasteiger partial charge in [-0.2, -0.15) is 4.31 Å². The summed E-state index contributed by atoms with van der Waals surface area (Å²) in [5.74, 6) is 0. The van der Waals surface area contributed by atoms with Crippen molar-refractivity contribution in [1.82, 2.24) is 4.31 Å². The molecule has 4 nitrogen and oxygen atoms in total. The van der Waals surface area contributed by atoms with E-state index < -0.39 is 10.0 Å². The molecular weight excluding hydrogens is 328 g/mol. The van der Waals surface area contributed by atoms with Crippen LogP contribution in [0.5, 0.6) is 0 Å². The van der Waals surface area contributed by atoms with Crippen molar-refractivity contribution in [3.63, 3.8) is 0 Å². The number of rotatable bonds is 6. The predicted octanol–water partition coefficient (Wildman–Crippen LogP) is 2.72. The second-order valence-electron chi connectivity index (χ2n) is 4.68. The summed E-state index contributed by atoms with van der Waals surface area (Å²) >= 11 is 3.32. The second-order valence-corrected chi connectivity index (χ2v) is 7.39. The Bertz CT molecular complexity index is 529. The van der Waals surface area contributed by atoms with Gasteiger partial charge in [0, 0.05) is 23.6 Å². The molecule has 0 fully saturated rings. The van der Waals surface area contributed by atoms with E-state index in [4.69, 9.17) is 5.73 Å². The predicted molar refractivity (Wildman–Crippen MR) is 81.4 cm³/mol. The first-order valence-corrected chi connectivity index (χ1v) is 8.58. The van der Waals surface area contributed by atoms with E-state index in [1.165, 1.54) is 4.31 Å². The third-order valence-electron chi connectivity index (χ3n) is 2.84. The first kappa shape index (κ1) is 16.6. The Balaban J connectivity index is 3.32. The fourth-order valence-corrected chi connectivity index (χ4v) is 4.58. The molecule has 0 aliphatic carbocycles. The van der Waals surface area contributed by atoms with Gasteiger partial charge in [0.1, 0.15) is 0 Å². The van der Waals surface area contributed by atoms with Gasteiger partial charge in [-0.15, -0.1) is 0 Å². The monoisotopic (exact) mass is 348 g/mol. The van der Waals surface area contributed by atoms with Crippen molar-refractivity contribution in [2.24, 2.45) is 5.73 Å². The highest BCUT2D eigenvalue weighted by atomic mass is 79.9. The van der Waals surface area contributed by atoms with Gasteiger partial charge in [0.15, 0.2) is 0 Å². The zero-order valence-electron chi connectivity index (χ0n) is 11.6. The van der Waals surface area contributed by atoms with E-state index in [2.05, 4.69) is 15.9 Å². The van der Waals surface area contributed by atoms with Crippen LogP contribution < -0.4 is 5.73 Å². The fourth-order valence-electron chi connectivity index (χ4n) is 1.88. The van der Waals surface area contributed by atoms with Crippen molar-refractivity contribution in [3.8, 4) is 0 Å². The van der Waals surface area contributed by atoms with Crippen molar-refractivity contribution in [1.29, 1.82) is 0 Å². The zero-order valence-corrected chi connectivity index (χ0v) is 14.0. The van der Waals surface area contributed by atoms with Crippen molar-refractivity contribution >= 4 is 26.0 Å². The molecule has 0 amide bonds. The molecule has 0 unspecified atom stereocenters. The van der Waals surface area contributed by atoms with Crippen LogP contribution in [0, 0.1) is 0 Å². The van der Waals surface area contributed by atoms with Crippen LogP contribution in [-0.2, 0) is 16.6 Å². The van der Waals surface area contributed by atoms with Crippen LogP contribution >= 0.6 is 15.9 Å². The van der Waals surface area contributed by atoms with Gasteiger partial charge in [0.2, 0.25) is 10.0 Å². The molecule has 2 N–H and O–H groups in total. The van der Waals surface area contributed by atoms with E-state index in [9.17, 15) is 8.42 Å². The number of nitrogens with two attached hydrogens (primary N) is 1. The van der Waals surface area contributed by atoms with Gasteiger partial charge in [0.05, 0.1) is 4.90 Å². The Morgan fingerprint density at radius 3 is 2.47 bits per heavy atom. The van der Waals surface area contributed by atoms with E-state index >= 15 is 0 Å². The van der Waals surface area contributed by atoms with Crippen LogP contribution in [0.15, 0.2) is 27.6 Å². The van der Waals surface area contributed by atoms with Gasteiger partial charge in [-0.3, -0.25) is 0 Å². The molecule has 0 saturated heterocycles. The lowest BCUT2D eigenvalue weighted by Gasteiger charge is -2.26. The van der Waals surface area contributed by atoms with Crippen LogP contribution in [0.2, 0.25) is 0 Å². The smallest absolute Gasteiger partial charge is 0.244 e. The summed E-state index contributed by atoms with van der Waals surface area (Å²) in [6.45, 7) is 6.57. The van der Waals surface area contributed by atoms with Gasteiger partial charge < -0.3 is 5.73 Å². The molecule has 1 aromatic rings. The lowest BCUT2D eigenvalue weighted by molar-refractivity contribution is 0.354. The highest BCUT2D eigenvalue weighted by Crippen LogP contribution is 2.27. The normalized spacial score (nSPS) is 12.4. The van der Waals surface area contributed by atoms with E-state index in [1.807, 2.05) is 26.8 Å². The maximum atomic E-state index is 12.7.